The average Bonchev–Trinajstić information content (AvgIpc) is 2.26. The van der Waals surface area contributed by atoms with Gasteiger partial charge in [0.15, 0.2) is 0 Å². The maximum atomic E-state index is 11.1. The zero-order valence-corrected chi connectivity index (χ0v) is 8.38. The summed E-state index contributed by atoms with van der Waals surface area (Å²) >= 11 is 5.11. The van der Waals surface area contributed by atoms with Crippen LogP contribution in [-0.4, -0.2) is 13.1 Å². The molecule has 0 spiro atoms. The van der Waals surface area contributed by atoms with Crippen LogP contribution in [0.5, 0.6) is 0 Å². The van der Waals surface area contributed by atoms with E-state index in [1.54, 1.807) is 24.3 Å². The Kier molecular flexibility index (Phi) is 4.39. The second kappa shape index (κ2) is 5.59. The fourth-order valence-corrected chi connectivity index (χ4v) is 1.02. The summed E-state index contributed by atoms with van der Waals surface area (Å²) in [5.74, 6) is -0.354. The number of carbonyl (C=O) groups is 1. The van der Waals surface area contributed by atoms with Crippen LogP contribution in [0.15, 0.2) is 24.3 Å². The highest BCUT2D eigenvalue weighted by molar-refractivity contribution is 6.12. The van der Waals surface area contributed by atoms with Crippen molar-refractivity contribution in [1.29, 1.82) is 0 Å². The molecule has 76 valence electrons. The molecule has 0 aliphatic rings. The summed E-state index contributed by atoms with van der Waals surface area (Å²) in [5.41, 5.74) is 1.42. The molecule has 0 unspecified atom stereocenters. The molecule has 0 saturated heterocycles. The van der Waals surface area contributed by atoms with Gasteiger partial charge in [0.05, 0.1) is 19.3 Å². The lowest BCUT2D eigenvalue weighted by Gasteiger charge is -2.02. The molecule has 4 nitrogen and oxygen atoms in total. The van der Waals surface area contributed by atoms with Crippen molar-refractivity contribution >= 4 is 17.7 Å². The molecule has 1 aromatic rings. The van der Waals surface area contributed by atoms with Gasteiger partial charge in [0.2, 0.25) is 0 Å². The molecule has 0 aliphatic heterocycles. The Morgan fingerprint density at radius 2 is 2.07 bits per heavy atom. The molecule has 0 aliphatic carbocycles. The van der Waals surface area contributed by atoms with E-state index in [1.807, 2.05) is 5.00 Å². The molecule has 0 atom stereocenters. The van der Waals surface area contributed by atoms with Gasteiger partial charge in [-0.3, -0.25) is 4.84 Å². The number of carbonyl (C=O) groups excluding carboxylic acids is 1. The van der Waals surface area contributed by atoms with Crippen LogP contribution in [0.3, 0.4) is 0 Å². The van der Waals surface area contributed by atoms with Crippen molar-refractivity contribution in [2.45, 2.75) is 6.61 Å². The first-order valence-corrected chi connectivity index (χ1v) is 4.30. The minimum atomic E-state index is -0.354. The average molecular weight is 216 g/mol. The molecule has 1 aromatic carbocycles. The van der Waals surface area contributed by atoms with Crippen LogP contribution in [0.4, 0.5) is 0 Å². The highest BCUT2D eigenvalue weighted by atomic mass is 35.5. The molecule has 0 fully saturated rings. The number of esters is 1. The number of rotatable bonds is 4. The largest absolute Gasteiger partial charge is 0.465 e. The number of halogens is 1. The Bertz CT molecular complexity index is 299. The SMILES string of the molecule is COC(=O)c1ccc(CONCl)cc1. The number of methoxy groups -OCH3 is 1. The molecule has 0 aromatic heterocycles. The van der Waals surface area contributed by atoms with Gasteiger partial charge in [-0.1, -0.05) is 12.1 Å². The van der Waals surface area contributed by atoms with Crippen molar-refractivity contribution in [1.82, 2.24) is 5.00 Å². The van der Waals surface area contributed by atoms with Crippen LogP contribution in [0, 0.1) is 0 Å². The summed E-state index contributed by atoms with van der Waals surface area (Å²) in [6.45, 7) is 0.338. The summed E-state index contributed by atoms with van der Waals surface area (Å²) in [6, 6.07) is 6.86. The zero-order chi connectivity index (χ0) is 10.4. The van der Waals surface area contributed by atoms with Gasteiger partial charge in [0.1, 0.15) is 0 Å². The smallest absolute Gasteiger partial charge is 0.337 e. The second-order valence-electron chi connectivity index (χ2n) is 2.55. The third kappa shape index (κ3) is 2.99. The first kappa shape index (κ1) is 11.0. The summed E-state index contributed by atoms with van der Waals surface area (Å²) in [6.07, 6.45) is 0. The highest BCUT2D eigenvalue weighted by Crippen LogP contribution is 2.06. The number of benzene rings is 1. The van der Waals surface area contributed by atoms with E-state index in [9.17, 15) is 4.79 Å². The van der Waals surface area contributed by atoms with E-state index in [1.165, 1.54) is 7.11 Å². The Balaban J connectivity index is 2.63. The lowest BCUT2D eigenvalue weighted by Crippen LogP contribution is -2.03. The molecule has 1 rings (SSSR count). The summed E-state index contributed by atoms with van der Waals surface area (Å²) < 4.78 is 4.55. The van der Waals surface area contributed by atoms with Gasteiger partial charge in [0.25, 0.3) is 0 Å². The van der Waals surface area contributed by atoms with Gasteiger partial charge < -0.3 is 4.74 Å². The Labute approximate surface area is 86.8 Å². The molecule has 14 heavy (non-hydrogen) atoms. The van der Waals surface area contributed by atoms with E-state index in [0.717, 1.165) is 5.56 Å². The van der Waals surface area contributed by atoms with Crippen molar-refractivity contribution in [3.8, 4) is 0 Å². The summed E-state index contributed by atoms with van der Waals surface area (Å²) in [4.78, 5) is 17.8. The number of hydrogen-bond acceptors (Lipinski definition) is 4. The summed E-state index contributed by atoms with van der Waals surface area (Å²) in [5, 5.41) is 0. The van der Waals surface area contributed by atoms with E-state index in [2.05, 4.69) is 4.74 Å². The van der Waals surface area contributed by atoms with Gasteiger partial charge in [-0.25, -0.2) is 4.79 Å². The molecule has 0 heterocycles. The fourth-order valence-electron chi connectivity index (χ4n) is 0.966. The maximum Gasteiger partial charge on any atom is 0.337 e. The molecule has 0 saturated carbocycles. The quantitative estimate of drug-likeness (QED) is 0.471. The molecule has 5 heteroatoms. The number of nitrogens with one attached hydrogen (secondary N) is 1. The van der Waals surface area contributed by atoms with Crippen molar-refractivity contribution in [3.05, 3.63) is 35.4 Å². The van der Waals surface area contributed by atoms with Gasteiger partial charge >= 0.3 is 5.97 Å². The Morgan fingerprint density at radius 1 is 1.43 bits per heavy atom. The lowest BCUT2D eigenvalue weighted by molar-refractivity contribution is 0.0600. The highest BCUT2D eigenvalue weighted by Gasteiger charge is 2.03. The minimum absolute atomic E-state index is 0.338. The molecular formula is C9H10ClNO3. The standard InChI is InChI=1S/C9H10ClNO3/c1-13-9(12)8-4-2-7(3-5-8)6-14-11-10/h2-5,11H,6H2,1H3. The monoisotopic (exact) mass is 215 g/mol. The fraction of sp³-hybridized carbons (Fsp3) is 0.222. The van der Waals surface area contributed by atoms with Crippen molar-refractivity contribution < 1.29 is 14.4 Å². The Hall–Kier alpha value is -1.10. The van der Waals surface area contributed by atoms with E-state index in [0.29, 0.717) is 12.2 Å². The predicted octanol–water partition coefficient (Wildman–Crippen LogP) is 1.65. The molecule has 1 N–H and O–H groups in total. The van der Waals surface area contributed by atoms with Crippen LogP contribution in [0.1, 0.15) is 15.9 Å². The van der Waals surface area contributed by atoms with Crippen molar-refractivity contribution in [2.75, 3.05) is 7.11 Å². The van der Waals surface area contributed by atoms with Crippen LogP contribution in [0.25, 0.3) is 0 Å². The molecular weight excluding hydrogens is 206 g/mol. The topological polar surface area (TPSA) is 47.6 Å². The predicted molar refractivity (Wildman–Crippen MR) is 51.6 cm³/mol. The third-order valence-corrected chi connectivity index (χ3v) is 1.78. The van der Waals surface area contributed by atoms with Crippen molar-refractivity contribution in [2.24, 2.45) is 0 Å². The number of ether oxygens (including phenoxy) is 1. The van der Waals surface area contributed by atoms with Crippen LogP contribution in [-0.2, 0) is 16.2 Å². The maximum absolute atomic E-state index is 11.1. The van der Waals surface area contributed by atoms with E-state index in [4.69, 9.17) is 16.6 Å². The van der Waals surface area contributed by atoms with E-state index < -0.39 is 0 Å². The summed E-state index contributed by atoms with van der Waals surface area (Å²) in [7, 11) is 1.34. The normalized spacial score (nSPS) is 9.86. The van der Waals surface area contributed by atoms with Crippen molar-refractivity contribution in [3.63, 3.8) is 0 Å². The van der Waals surface area contributed by atoms with Crippen LogP contribution >= 0.6 is 11.8 Å². The third-order valence-electron chi connectivity index (χ3n) is 1.67. The lowest BCUT2D eigenvalue weighted by atomic mass is 10.1. The molecule has 0 radical (unpaired) electrons. The van der Waals surface area contributed by atoms with E-state index in [-0.39, 0.29) is 5.97 Å². The molecule has 0 bridgehead atoms. The first-order valence-electron chi connectivity index (χ1n) is 3.92. The van der Waals surface area contributed by atoms with Gasteiger partial charge in [-0.05, 0) is 17.7 Å². The van der Waals surface area contributed by atoms with Gasteiger partial charge in [-0.15, -0.1) is 5.00 Å². The second-order valence-corrected chi connectivity index (χ2v) is 2.71. The Morgan fingerprint density at radius 3 is 2.57 bits per heavy atom. The molecule has 0 amide bonds. The minimum Gasteiger partial charge on any atom is -0.465 e. The van der Waals surface area contributed by atoms with Crippen LogP contribution < -0.4 is 5.00 Å². The van der Waals surface area contributed by atoms with Crippen LogP contribution in [0.2, 0.25) is 0 Å². The number of hydrogen-bond donors (Lipinski definition) is 1. The van der Waals surface area contributed by atoms with E-state index >= 15 is 0 Å². The first-order chi connectivity index (χ1) is 6.77. The zero-order valence-electron chi connectivity index (χ0n) is 7.62. The van der Waals surface area contributed by atoms with Gasteiger partial charge in [-0.2, -0.15) is 0 Å². The van der Waals surface area contributed by atoms with Gasteiger partial charge in [0, 0.05) is 11.8 Å².